The van der Waals surface area contributed by atoms with Crippen molar-refractivity contribution in [3.05, 3.63) is 71.7 Å². The number of nitrogens with zero attached hydrogens (tertiary/aromatic N) is 4. The Labute approximate surface area is 155 Å². The molecule has 132 valence electrons. The predicted molar refractivity (Wildman–Crippen MR) is 105 cm³/mol. The van der Waals surface area contributed by atoms with Gasteiger partial charge in [-0.25, -0.2) is 9.97 Å². The van der Waals surface area contributed by atoms with E-state index in [0.717, 1.165) is 36.0 Å². The molecule has 1 atom stereocenters. The van der Waals surface area contributed by atoms with Crippen LogP contribution in [-0.4, -0.2) is 28.0 Å². The molecule has 0 saturated carbocycles. The number of hydrogen-bond acceptors (Lipinski definition) is 4. The van der Waals surface area contributed by atoms with Crippen molar-refractivity contribution >= 4 is 5.82 Å². The number of anilines is 1. The molecule has 4 heteroatoms. The van der Waals surface area contributed by atoms with E-state index >= 15 is 0 Å². The topological polar surface area (TPSA) is 41.9 Å². The first kappa shape index (κ1) is 16.7. The summed E-state index contributed by atoms with van der Waals surface area (Å²) in [7, 11) is 0. The largest absolute Gasteiger partial charge is 0.356 e. The second kappa shape index (κ2) is 7.24. The molecule has 3 aromatic rings. The summed E-state index contributed by atoms with van der Waals surface area (Å²) in [5.74, 6) is 2.39. The number of rotatable bonds is 3. The van der Waals surface area contributed by atoms with Gasteiger partial charge in [-0.3, -0.25) is 4.98 Å². The molecule has 26 heavy (non-hydrogen) atoms. The summed E-state index contributed by atoms with van der Waals surface area (Å²) in [6, 6.07) is 14.8. The number of aryl methyl sites for hydroxylation is 1. The first-order chi connectivity index (χ1) is 12.7. The number of hydrogen-bond donors (Lipinski definition) is 0. The number of pyridine rings is 1. The van der Waals surface area contributed by atoms with Gasteiger partial charge >= 0.3 is 0 Å². The van der Waals surface area contributed by atoms with Crippen LogP contribution in [0, 0.1) is 13.8 Å². The summed E-state index contributed by atoms with van der Waals surface area (Å²) in [5, 5.41) is 0. The van der Waals surface area contributed by atoms with Gasteiger partial charge in [0.15, 0.2) is 5.82 Å². The summed E-state index contributed by atoms with van der Waals surface area (Å²) < 4.78 is 0. The first-order valence-corrected chi connectivity index (χ1v) is 9.28. The standard InChI is InChI=1S/C22H24N4/c1-16-17(2)24-21(19-10-6-12-23-14-19)25-22(16)26-13-7-11-20(15-26)18-8-4-3-5-9-18/h3-6,8-10,12,14,20H,7,11,13,15H2,1-2H3. The molecule has 1 aliphatic heterocycles. The van der Waals surface area contributed by atoms with Crippen molar-refractivity contribution in [1.82, 2.24) is 15.0 Å². The van der Waals surface area contributed by atoms with Crippen molar-refractivity contribution in [2.24, 2.45) is 0 Å². The molecular formula is C22H24N4. The lowest BCUT2D eigenvalue weighted by Crippen LogP contribution is -2.35. The van der Waals surface area contributed by atoms with E-state index < -0.39 is 0 Å². The minimum Gasteiger partial charge on any atom is -0.356 e. The van der Waals surface area contributed by atoms with Gasteiger partial charge < -0.3 is 4.90 Å². The average Bonchev–Trinajstić information content (AvgIpc) is 2.71. The highest BCUT2D eigenvalue weighted by Gasteiger charge is 2.24. The maximum absolute atomic E-state index is 4.93. The molecule has 1 saturated heterocycles. The van der Waals surface area contributed by atoms with Gasteiger partial charge in [-0.1, -0.05) is 30.3 Å². The Morgan fingerprint density at radius 3 is 2.62 bits per heavy atom. The lowest BCUT2D eigenvalue weighted by Gasteiger charge is -2.35. The minimum absolute atomic E-state index is 0.557. The van der Waals surface area contributed by atoms with E-state index in [1.807, 2.05) is 18.3 Å². The lowest BCUT2D eigenvalue weighted by atomic mass is 9.90. The van der Waals surface area contributed by atoms with Gasteiger partial charge in [-0.05, 0) is 44.4 Å². The Balaban J connectivity index is 1.67. The second-order valence-electron chi connectivity index (χ2n) is 7.02. The van der Waals surface area contributed by atoms with Crippen LogP contribution in [0.3, 0.4) is 0 Å². The third kappa shape index (κ3) is 3.32. The Morgan fingerprint density at radius 1 is 1.00 bits per heavy atom. The highest BCUT2D eigenvalue weighted by Crippen LogP contribution is 2.32. The lowest BCUT2D eigenvalue weighted by molar-refractivity contribution is 0.506. The highest BCUT2D eigenvalue weighted by molar-refractivity contribution is 5.59. The SMILES string of the molecule is Cc1nc(-c2cccnc2)nc(N2CCCC(c3ccccc3)C2)c1C. The maximum Gasteiger partial charge on any atom is 0.163 e. The molecule has 0 aliphatic carbocycles. The predicted octanol–water partition coefficient (Wildman–Crippen LogP) is 4.54. The summed E-state index contributed by atoms with van der Waals surface area (Å²) >= 11 is 0. The fourth-order valence-electron chi connectivity index (χ4n) is 3.71. The average molecular weight is 344 g/mol. The van der Waals surface area contributed by atoms with Crippen LogP contribution in [0.1, 0.15) is 35.6 Å². The molecule has 4 nitrogen and oxygen atoms in total. The van der Waals surface area contributed by atoms with Gasteiger partial charge in [0.25, 0.3) is 0 Å². The Kier molecular flexibility index (Phi) is 4.65. The molecular weight excluding hydrogens is 320 g/mol. The molecule has 0 radical (unpaired) electrons. The summed E-state index contributed by atoms with van der Waals surface area (Å²) in [4.78, 5) is 16.3. The van der Waals surface area contributed by atoms with Crippen LogP contribution in [-0.2, 0) is 0 Å². The fraction of sp³-hybridized carbons (Fsp3) is 0.318. The van der Waals surface area contributed by atoms with Gasteiger partial charge in [-0.15, -0.1) is 0 Å². The maximum atomic E-state index is 4.93. The molecule has 0 N–H and O–H groups in total. The zero-order valence-electron chi connectivity index (χ0n) is 15.4. The number of aromatic nitrogens is 3. The Hall–Kier alpha value is -2.75. The van der Waals surface area contributed by atoms with Crippen LogP contribution < -0.4 is 4.90 Å². The van der Waals surface area contributed by atoms with E-state index in [1.54, 1.807) is 6.20 Å². The molecule has 0 bridgehead atoms. The summed E-state index contributed by atoms with van der Waals surface area (Å²) in [6.45, 7) is 6.25. The normalized spacial score (nSPS) is 17.3. The van der Waals surface area contributed by atoms with Gasteiger partial charge in [0.05, 0.1) is 0 Å². The molecule has 0 amide bonds. The molecule has 1 aromatic carbocycles. The molecule has 3 heterocycles. The van der Waals surface area contributed by atoms with E-state index in [9.17, 15) is 0 Å². The minimum atomic E-state index is 0.557. The monoisotopic (exact) mass is 344 g/mol. The van der Waals surface area contributed by atoms with Crippen molar-refractivity contribution in [1.29, 1.82) is 0 Å². The smallest absolute Gasteiger partial charge is 0.163 e. The van der Waals surface area contributed by atoms with Crippen molar-refractivity contribution in [3.8, 4) is 11.4 Å². The van der Waals surface area contributed by atoms with Crippen molar-refractivity contribution < 1.29 is 0 Å². The quantitative estimate of drug-likeness (QED) is 0.699. The summed E-state index contributed by atoms with van der Waals surface area (Å²) in [5.41, 5.74) is 4.60. The van der Waals surface area contributed by atoms with Crippen LogP contribution in [0.15, 0.2) is 54.9 Å². The number of piperidine rings is 1. The third-order valence-corrected chi connectivity index (χ3v) is 5.28. The Morgan fingerprint density at radius 2 is 1.85 bits per heavy atom. The van der Waals surface area contributed by atoms with Crippen LogP contribution in [0.2, 0.25) is 0 Å². The van der Waals surface area contributed by atoms with Gasteiger partial charge in [0.2, 0.25) is 0 Å². The van der Waals surface area contributed by atoms with E-state index in [4.69, 9.17) is 9.97 Å². The van der Waals surface area contributed by atoms with E-state index in [1.165, 1.54) is 24.0 Å². The molecule has 2 aromatic heterocycles. The molecule has 1 unspecified atom stereocenters. The highest BCUT2D eigenvalue weighted by atomic mass is 15.2. The fourth-order valence-corrected chi connectivity index (χ4v) is 3.71. The Bertz CT molecular complexity index is 877. The van der Waals surface area contributed by atoms with Crippen LogP contribution >= 0.6 is 0 Å². The van der Waals surface area contributed by atoms with Gasteiger partial charge in [0.1, 0.15) is 5.82 Å². The van der Waals surface area contributed by atoms with Crippen LogP contribution in [0.4, 0.5) is 5.82 Å². The van der Waals surface area contributed by atoms with Crippen LogP contribution in [0.25, 0.3) is 11.4 Å². The molecule has 0 spiro atoms. The third-order valence-electron chi connectivity index (χ3n) is 5.28. The van der Waals surface area contributed by atoms with Crippen molar-refractivity contribution in [3.63, 3.8) is 0 Å². The summed E-state index contributed by atoms with van der Waals surface area (Å²) in [6.07, 6.45) is 6.03. The van der Waals surface area contributed by atoms with E-state index in [0.29, 0.717) is 5.92 Å². The van der Waals surface area contributed by atoms with Crippen LogP contribution in [0.5, 0.6) is 0 Å². The molecule has 1 fully saturated rings. The van der Waals surface area contributed by atoms with Crippen molar-refractivity contribution in [2.45, 2.75) is 32.6 Å². The number of benzene rings is 1. The van der Waals surface area contributed by atoms with Gasteiger partial charge in [0, 0.05) is 48.2 Å². The zero-order valence-corrected chi connectivity index (χ0v) is 15.4. The van der Waals surface area contributed by atoms with E-state index in [2.05, 4.69) is 54.1 Å². The zero-order chi connectivity index (χ0) is 17.9. The molecule has 4 rings (SSSR count). The van der Waals surface area contributed by atoms with Crippen molar-refractivity contribution in [2.75, 3.05) is 18.0 Å². The second-order valence-corrected chi connectivity index (χ2v) is 7.02. The first-order valence-electron chi connectivity index (χ1n) is 9.28. The van der Waals surface area contributed by atoms with Gasteiger partial charge in [-0.2, -0.15) is 0 Å². The van der Waals surface area contributed by atoms with E-state index in [-0.39, 0.29) is 0 Å². The molecule has 1 aliphatic rings.